The van der Waals surface area contributed by atoms with Crippen molar-refractivity contribution in [3.05, 3.63) is 42.2 Å². The van der Waals surface area contributed by atoms with E-state index < -0.39 is 5.95 Å². The molecule has 0 unspecified atom stereocenters. The van der Waals surface area contributed by atoms with E-state index >= 15 is 0 Å². The van der Waals surface area contributed by atoms with E-state index in [1.54, 1.807) is 16.7 Å². The monoisotopic (exact) mass is 238 g/mol. The maximum Gasteiger partial charge on any atom is 0.231 e. The summed E-state index contributed by atoms with van der Waals surface area (Å²) in [6, 6.07) is 5.74. The predicted molar refractivity (Wildman–Crippen MR) is 59.2 cm³/mol. The van der Waals surface area contributed by atoms with Crippen LogP contribution in [0, 0.1) is 11.8 Å². The first kappa shape index (κ1) is 11.7. The summed E-state index contributed by atoms with van der Waals surface area (Å²) in [5.41, 5.74) is 0.648. The second kappa shape index (κ2) is 5.05. The van der Waals surface area contributed by atoms with Gasteiger partial charge < -0.3 is 9.30 Å². The molecule has 1 aromatic heterocycles. The Morgan fingerprint density at radius 3 is 2.59 bits per heavy atom. The van der Waals surface area contributed by atoms with Gasteiger partial charge in [0.05, 0.1) is 6.20 Å². The molecule has 0 aliphatic heterocycles. The Bertz CT molecular complexity index is 494. The van der Waals surface area contributed by atoms with Crippen LogP contribution in [-0.2, 0) is 11.5 Å². The normalized spacial score (nSPS) is 10.8. The fourth-order valence-corrected chi connectivity index (χ4v) is 1.50. The number of hydrogen-bond acceptors (Lipinski definition) is 2. The third-order valence-corrected chi connectivity index (χ3v) is 2.28. The van der Waals surface area contributed by atoms with Crippen LogP contribution in [0.2, 0.25) is 0 Å². The fourth-order valence-electron chi connectivity index (χ4n) is 1.50. The van der Waals surface area contributed by atoms with Crippen LogP contribution in [0.15, 0.2) is 30.5 Å². The van der Waals surface area contributed by atoms with Crippen molar-refractivity contribution in [1.82, 2.24) is 9.55 Å². The van der Waals surface area contributed by atoms with Gasteiger partial charge in [-0.3, -0.25) is 0 Å². The Labute approximate surface area is 97.7 Å². The highest BCUT2D eigenvalue weighted by atomic mass is 19.1. The van der Waals surface area contributed by atoms with Crippen molar-refractivity contribution in [3.63, 3.8) is 0 Å². The summed E-state index contributed by atoms with van der Waals surface area (Å²) >= 11 is 0. The van der Waals surface area contributed by atoms with Crippen molar-refractivity contribution >= 4 is 0 Å². The lowest BCUT2D eigenvalue weighted by Gasteiger charge is -2.07. The molecule has 0 spiro atoms. The van der Waals surface area contributed by atoms with Crippen molar-refractivity contribution in [1.29, 1.82) is 0 Å². The molecule has 0 atom stereocenters. The second-order valence-corrected chi connectivity index (χ2v) is 3.49. The molecule has 0 bridgehead atoms. The fraction of sp³-hybridized carbons (Fsp3) is 0.250. The highest BCUT2D eigenvalue weighted by Gasteiger charge is 2.09. The Hall–Kier alpha value is -1.75. The van der Waals surface area contributed by atoms with E-state index in [-0.39, 0.29) is 12.5 Å². The van der Waals surface area contributed by atoms with Crippen molar-refractivity contribution in [2.24, 2.45) is 0 Å². The van der Waals surface area contributed by atoms with Crippen molar-refractivity contribution in [2.45, 2.75) is 13.7 Å². The Balaban J connectivity index is 2.33. The number of ether oxygens (including phenoxy) is 1. The van der Waals surface area contributed by atoms with Gasteiger partial charge in [0.15, 0.2) is 0 Å². The maximum atomic E-state index is 13.1. The highest BCUT2D eigenvalue weighted by molar-refractivity contribution is 5.55. The summed E-state index contributed by atoms with van der Waals surface area (Å²) in [7, 11) is 0. The van der Waals surface area contributed by atoms with Gasteiger partial charge in [-0.05, 0) is 31.2 Å². The molecule has 1 heterocycles. The lowest BCUT2D eigenvalue weighted by molar-refractivity contribution is 0.0887. The summed E-state index contributed by atoms with van der Waals surface area (Å²) in [5.74, 6) is -0.489. The van der Waals surface area contributed by atoms with E-state index in [1.165, 1.54) is 18.3 Å². The molecule has 0 saturated carbocycles. The lowest BCUT2D eigenvalue weighted by atomic mass is 10.2. The average Bonchev–Trinajstić information content (AvgIpc) is 2.69. The topological polar surface area (TPSA) is 27.1 Å². The molecule has 0 aliphatic carbocycles. The third kappa shape index (κ3) is 2.68. The van der Waals surface area contributed by atoms with Gasteiger partial charge in [-0.2, -0.15) is 4.39 Å². The van der Waals surface area contributed by atoms with E-state index in [0.717, 1.165) is 0 Å². The number of hydrogen-bond donors (Lipinski definition) is 0. The zero-order chi connectivity index (χ0) is 12.3. The second-order valence-electron chi connectivity index (χ2n) is 3.49. The Kier molecular flexibility index (Phi) is 3.49. The molecule has 90 valence electrons. The molecule has 2 rings (SSSR count). The van der Waals surface area contributed by atoms with Gasteiger partial charge in [0.1, 0.15) is 18.4 Å². The Morgan fingerprint density at radius 2 is 1.94 bits per heavy atom. The number of halogens is 2. The van der Waals surface area contributed by atoms with Gasteiger partial charge in [0.2, 0.25) is 5.95 Å². The van der Waals surface area contributed by atoms with Crippen LogP contribution in [0.25, 0.3) is 11.4 Å². The molecule has 2 aromatic rings. The molecule has 0 saturated heterocycles. The lowest BCUT2D eigenvalue weighted by Crippen LogP contribution is -2.03. The highest BCUT2D eigenvalue weighted by Crippen LogP contribution is 2.19. The van der Waals surface area contributed by atoms with Gasteiger partial charge in [0, 0.05) is 12.2 Å². The molecule has 3 nitrogen and oxygen atoms in total. The summed E-state index contributed by atoms with van der Waals surface area (Å²) in [4.78, 5) is 3.76. The minimum atomic E-state index is -0.580. The van der Waals surface area contributed by atoms with Gasteiger partial charge >= 0.3 is 0 Å². The van der Waals surface area contributed by atoms with Crippen LogP contribution >= 0.6 is 0 Å². The number of nitrogens with zero attached hydrogens (tertiary/aromatic N) is 2. The quantitative estimate of drug-likeness (QED) is 0.819. The molecular weight excluding hydrogens is 226 g/mol. The summed E-state index contributed by atoms with van der Waals surface area (Å²) in [6.45, 7) is 2.60. The average molecular weight is 238 g/mol. The smallest absolute Gasteiger partial charge is 0.231 e. The first-order valence-corrected chi connectivity index (χ1v) is 5.27. The number of rotatable bonds is 4. The molecule has 0 aliphatic rings. The van der Waals surface area contributed by atoms with Crippen LogP contribution < -0.4 is 0 Å². The molecule has 0 amide bonds. The minimum absolute atomic E-state index is 0.222. The van der Waals surface area contributed by atoms with Crippen molar-refractivity contribution in [2.75, 3.05) is 6.61 Å². The van der Waals surface area contributed by atoms with Gasteiger partial charge in [-0.25, -0.2) is 9.37 Å². The van der Waals surface area contributed by atoms with Gasteiger partial charge in [-0.15, -0.1) is 0 Å². The van der Waals surface area contributed by atoms with E-state index in [4.69, 9.17) is 4.74 Å². The van der Waals surface area contributed by atoms with Gasteiger partial charge in [-0.1, -0.05) is 0 Å². The zero-order valence-corrected chi connectivity index (χ0v) is 9.36. The standard InChI is InChI=1S/C12H12F2N2O/c1-2-17-8-16-7-11(14)15-12(16)9-3-5-10(13)6-4-9/h3-7H,2,8H2,1H3. The van der Waals surface area contributed by atoms with E-state index in [9.17, 15) is 8.78 Å². The van der Waals surface area contributed by atoms with E-state index in [0.29, 0.717) is 18.0 Å². The van der Waals surface area contributed by atoms with Crippen LogP contribution in [0.5, 0.6) is 0 Å². The van der Waals surface area contributed by atoms with Crippen molar-refractivity contribution in [3.8, 4) is 11.4 Å². The molecule has 0 N–H and O–H groups in total. The van der Waals surface area contributed by atoms with E-state index in [1.807, 2.05) is 6.92 Å². The van der Waals surface area contributed by atoms with E-state index in [2.05, 4.69) is 4.98 Å². The van der Waals surface area contributed by atoms with Gasteiger partial charge in [0.25, 0.3) is 0 Å². The Morgan fingerprint density at radius 1 is 1.24 bits per heavy atom. The molecule has 0 fully saturated rings. The van der Waals surface area contributed by atoms with Crippen LogP contribution in [0.3, 0.4) is 0 Å². The first-order chi connectivity index (χ1) is 8.20. The number of imidazole rings is 1. The van der Waals surface area contributed by atoms with Crippen LogP contribution in [0.1, 0.15) is 6.92 Å². The predicted octanol–water partition coefficient (Wildman–Crippen LogP) is 2.82. The summed E-state index contributed by atoms with van der Waals surface area (Å²) in [5, 5.41) is 0. The van der Waals surface area contributed by atoms with Crippen LogP contribution in [0.4, 0.5) is 8.78 Å². The summed E-state index contributed by atoms with van der Waals surface area (Å²) < 4.78 is 32.7. The van der Waals surface area contributed by atoms with Crippen molar-refractivity contribution < 1.29 is 13.5 Å². The molecule has 5 heteroatoms. The number of aromatic nitrogens is 2. The third-order valence-electron chi connectivity index (χ3n) is 2.28. The molecule has 1 aromatic carbocycles. The maximum absolute atomic E-state index is 13.1. The minimum Gasteiger partial charge on any atom is -0.361 e. The first-order valence-electron chi connectivity index (χ1n) is 5.27. The largest absolute Gasteiger partial charge is 0.361 e. The molecule has 17 heavy (non-hydrogen) atoms. The molecular formula is C12H12F2N2O. The van der Waals surface area contributed by atoms with Crippen LogP contribution in [-0.4, -0.2) is 16.2 Å². The summed E-state index contributed by atoms with van der Waals surface area (Å²) in [6.07, 6.45) is 1.26. The number of benzene rings is 1. The molecule has 0 radical (unpaired) electrons. The zero-order valence-electron chi connectivity index (χ0n) is 9.36. The SMILES string of the molecule is CCOCn1cc(F)nc1-c1ccc(F)cc1.